The second kappa shape index (κ2) is 22.6. The van der Waals surface area contributed by atoms with Gasteiger partial charge >= 0.3 is 5.97 Å². The van der Waals surface area contributed by atoms with Crippen LogP contribution in [0.5, 0.6) is 0 Å². The summed E-state index contributed by atoms with van der Waals surface area (Å²) >= 11 is 6.36. The fourth-order valence-electron chi connectivity index (χ4n) is 10.4. The lowest BCUT2D eigenvalue weighted by Crippen LogP contribution is -2.60. The Bertz CT molecular complexity index is 1720. The molecule has 3 fully saturated rings. The van der Waals surface area contributed by atoms with Gasteiger partial charge in [0.2, 0.25) is 0 Å². The Morgan fingerprint density at radius 2 is 1.66 bits per heavy atom. The predicted molar refractivity (Wildman–Crippen MR) is 243 cm³/mol. The van der Waals surface area contributed by atoms with Crippen molar-refractivity contribution >= 4 is 23.5 Å². The minimum absolute atomic E-state index is 0.0954. The highest BCUT2D eigenvalue weighted by atomic mass is 35.5. The molecule has 0 saturated carbocycles. The van der Waals surface area contributed by atoms with Crippen LogP contribution in [0.2, 0.25) is 5.15 Å². The summed E-state index contributed by atoms with van der Waals surface area (Å²) in [5.41, 5.74) is -3.87. The topological polar surface area (TPSA) is 227 Å². The first-order chi connectivity index (χ1) is 30.1. The van der Waals surface area contributed by atoms with Gasteiger partial charge in [0.15, 0.2) is 12.6 Å². The number of nitrogens with one attached hydrogen (secondary N) is 1. The molecule has 1 aromatic heterocycles. The van der Waals surface area contributed by atoms with Gasteiger partial charge in [-0.3, -0.25) is 19.2 Å². The summed E-state index contributed by atoms with van der Waals surface area (Å²) in [5.74, 6) is -3.28. The van der Waals surface area contributed by atoms with Gasteiger partial charge in [-0.2, -0.15) is 5.10 Å². The van der Waals surface area contributed by atoms with E-state index in [1.165, 1.54) is 18.7 Å². The van der Waals surface area contributed by atoms with Crippen molar-refractivity contribution in [3.8, 4) is 0 Å². The third-order valence-corrected chi connectivity index (χ3v) is 14.8. The van der Waals surface area contributed by atoms with Gasteiger partial charge in [0.25, 0.3) is 5.91 Å². The highest BCUT2D eigenvalue weighted by Gasteiger charge is 2.53. The molecule has 0 radical (unpaired) electrons. The van der Waals surface area contributed by atoms with Crippen molar-refractivity contribution in [1.29, 1.82) is 0 Å². The van der Waals surface area contributed by atoms with E-state index >= 15 is 0 Å². The van der Waals surface area contributed by atoms with Gasteiger partial charge in [-0.05, 0) is 101 Å². The number of aryl methyl sites for hydroxylation is 2. The average Bonchev–Trinajstić information content (AvgIpc) is 3.49. The lowest BCUT2D eigenvalue weighted by atomic mass is 9.77. The zero-order chi connectivity index (χ0) is 49.1. The molecule has 1 aromatic rings. The van der Waals surface area contributed by atoms with Crippen molar-refractivity contribution < 1.29 is 63.5 Å². The maximum atomic E-state index is 14.5. The van der Waals surface area contributed by atoms with Crippen LogP contribution < -0.4 is 5.32 Å². The van der Waals surface area contributed by atoms with Gasteiger partial charge in [-0.1, -0.05) is 32.4 Å². The molecule has 1 amide bonds. The van der Waals surface area contributed by atoms with E-state index in [0.717, 1.165) is 0 Å². The molecule has 18 atom stereocenters. The summed E-state index contributed by atoms with van der Waals surface area (Å²) in [6, 6.07) is -1.02. The van der Waals surface area contributed by atoms with Crippen molar-refractivity contribution in [3.63, 3.8) is 0 Å². The Balaban J connectivity index is 1.77. The summed E-state index contributed by atoms with van der Waals surface area (Å²) in [4.78, 5) is 31.6. The highest BCUT2D eigenvalue weighted by Crippen LogP contribution is 2.40. The first kappa shape index (κ1) is 55.6. The maximum Gasteiger partial charge on any atom is 0.311 e. The lowest BCUT2D eigenvalue weighted by Gasteiger charge is -2.48. The molecule has 18 nitrogen and oxygen atoms in total. The number of hydrogen-bond donors (Lipinski definition) is 6. The number of rotatable bonds is 12. The molecule has 3 saturated heterocycles. The fraction of sp³-hybridized carbons (Fsp3) is 0.891. The largest absolute Gasteiger partial charge is 0.459 e. The monoisotopic (exact) mass is 948 g/mol. The first-order valence-electron chi connectivity index (χ1n) is 23.4. The van der Waals surface area contributed by atoms with Crippen molar-refractivity contribution in [2.75, 3.05) is 40.8 Å². The van der Waals surface area contributed by atoms with Crippen LogP contribution >= 0.6 is 11.6 Å². The number of halogens is 1. The number of carbonyl (C=O) groups excluding carboxylic acids is 2. The SMILES string of the molecule is CC[C@H]1OC(=O)[C@H](C)[C@@H](O[C@H]2C[C@@](C)(OC)[C@@H](O)[C@H](C)O2)[C@H](C)[C@@H](O[C@@H]2O[C@H](C)C[C@H](N(C)C)[C@H]2O)[C@](C)(O)C[C@@H](C)CN(CCCNC(=O)c2c(C)nn(C)c2Cl)[C@H](C)[C@@H](O)[C@]1(C)O. The molecule has 3 aliphatic heterocycles. The van der Waals surface area contributed by atoms with Gasteiger partial charge in [0, 0.05) is 58.2 Å². The summed E-state index contributed by atoms with van der Waals surface area (Å²) in [6.45, 7) is 20.1. The van der Waals surface area contributed by atoms with Gasteiger partial charge in [0.05, 0.1) is 52.8 Å². The van der Waals surface area contributed by atoms with E-state index in [2.05, 4.69) is 10.4 Å². The molecule has 3 aliphatic rings. The van der Waals surface area contributed by atoms with Gasteiger partial charge < -0.3 is 64.2 Å². The van der Waals surface area contributed by atoms with Crippen LogP contribution in [0, 0.1) is 24.7 Å². The van der Waals surface area contributed by atoms with Crippen molar-refractivity contribution in [1.82, 2.24) is 24.9 Å². The van der Waals surface area contributed by atoms with Gasteiger partial charge in [0.1, 0.15) is 35.2 Å². The third-order valence-electron chi connectivity index (χ3n) is 14.3. The number of nitrogens with zero attached hydrogens (tertiary/aromatic N) is 4. The molecule has 4 heterocycles. The minimum atomic E-state index is -1.93. The van der Waals surface area contributed by atoms with Crippen molar-refractivity contribution in [2.24, 2.45) is 24.8 Å². The zero-order valence-corrected chi connectivity index (χ0v) is 42.2. The molecular formula is C46H82ClN5O13. The Morgan fingerprint density at radius 3 is 2.23 bits per heavy atom. The minimum Gasteiger partial charge on any atom is -0.459 e. The summed E-state index contributed by atoms with van der Waals surface area (Å²) in [7, 11) is 6.90. The predicted octanol–water partition coefficient (Wildman–Crippen LogP) is 2.79. The Morgan fingerprint density at radius 1 is 1.02 bits per heavy atom. The number of amides is 1. The average molecular weight is 949 g/mol. The zero-order valence-electron chi connectivity index (χ0n) is 41.5. The molecule has 0 aliphatic carbocycles. The van der Waals surface area contributed by atoms with E-state index in [4.69, 9.17) is 40.0 Å². The van der Waals surface area contributed by atoms with Crippen LogP contribution in [0.15, 0.2) is 0 Å². The maximum absolute atomic E-state index is 14.5. The normalized spacial score (nSPS) is 42.0. The second-order valence-corrected chi connectivity index (χ2v) is 20.6. The van der Waals surface area contributed by atoms with E-state index < -0.39 is 96.0 Å². The molecule has 0 aromatic carbocycles. The number of methoxy groups -OCH3 is 1. The molecule has 4 rings (SSSR count). The fourth-order valence-corrected chi connectivity index (χ4v) is 10.6. The van der Waals surface area contributed by atoms with Crippen LogP contribution in [-0.2, 0) is 40.3 Å². The molecule has 0 spiro atoms. The van der Waals surface area contributed by atoms with E-state index in [9.17, 15) is 35.1 Å². The number of ether oxygens (including phenoxy) is 6. The summed E-state index contributed by atoms with van der Waals surface area (Å²) in [6.07, 6.45) is -8.69. The molecule has 6 N–H and O–H groups in total. The molecule has 376 valence electrons. The lowest BCUT2D eigenvalue weighted by molar-refractivity contribution is -0.318. The summed E-state index contributed by atoms with van der Waals surface area (Å²) in [5, 5.41) is 67.2. The highest BCUT2D eigenvalue weighted by molar-refractivity contribution is 6.33. The summed E-state index contributed by atoms with van der Waals surface area (Å²) < 4.78 is 39.4. The number of hydrogen-bond acceptors (Lipinski definition) is 16. The Labute approximate surface area is 391 Å². The number of likely N-dealkylation sites (N-methyl/N-ethyl adjacent to an activating group) is 1. The third kappa shape index (κ3) is 12.8. The van der Waals surface area contributed by atoms with E-state index in [-0.39, 0.29) is 60.5 Å². The van der Waals surface area contributed by atoms with Crippen LogP contribution in [0.1, 0.15) is 117 Å². The van der Waals surface area contributed by atoms with Gasteiger partial charge in [-0.15, -0.1) is 0 Å². The van der Waals surface area contributed by atoms with Crippen LogP contribution in [0.4, 0.5) is 0 Å². The standard InChI is InChI=1S/C46H82ClN5O13/c1-16-32-46(11,59)37(54)29(7)52(19-17-18-48-41(56)34-28(6)49-51(14)40(34)47)23-24(2)21-44(9,58)39(65-43-35(53)31(50(12)13)20-25(3)61-43)26(4)36(27(5)42(57)63-32)64-33-22-45(10,60-15)38(55)30(8)62-33/h24-27,29-33,35-39,43,53-55,58-59H,16-23H2,1-15H3,(H,48,56)/t24-,25-,26+,27-,29-,30+,31+,32-,33+,35-,36+,37-,38+,39-,43+,44-,45-,46-/m1/s1. The molecule has 65 heavy (non-hydrogen) atoms. The van der Waals surface area contributed by atoms with Crippen molar-refractivity contribution in [2.45, 2.75) is 199 Å². The van der Waals surface area contributed by atoms with E-state index in [1.807, 2.05) is 37.7 Å². The number of cyclic esters (lactones) is 1. The molecule has 0 unspecified atom stereocenters. The van der Waals surface area contributed by atoms with Crippen molar-refractivity contribution in [3.05, 3.63) is 16.4 Å². The quantitative estimate of drug-likeness (QED) is 0.131. The number of carbonyl (C=O) groups is 2. The number of aliphatic hydroxyl groups excluding tert-OH is 3. The van der Waals surface area contributed by atoms with Crippen LogP contribution in [0.3, 0.4) is 0 Å². The molecular weight excluding hydrogens is 866 g/mol. The molecule has 19 heteroatoms. The molecule has 0 bridgehead atoms. The smallest absolute Gasteiger partial charge is 0.311 e. The van der Waals surface area contributed by atoms with Crippen LogP contribution in [-0.4, -0.2) is 188 Å². The number of esters is 1. The first-order valence-corrected chi connectivity index (χ1v) is 23.7. The van der Waals surface area contributed by atoms with E-state index in [0.29, 0.717) is 31.6 Å². The van der Waals surface area contributed by atoms with Crippen LogP contribution in [0.25, 0.3) is 0 Å². The Kier molecular flexibility index (Phi) is 19.3. The number of aromatic nitrogens is 2. The van der Waals surface area contributed by atoms with E-state index in [1.54, 1.807) is 62.4 Å². The van der Waals surface area contributed by atoms with Gasteiger partial charge in [-0.25, -0.2) is 0 Å². The number of aliphatic hydroxyl groups is 5. The second-order valence-electron chi connectivity index (χ2n) is 20.2. The Hall–Kier alpha value is -2.04.